The lowest BCUT2D eigenvalue weighted by atomic mass is 9.77. The molecule has 1 N–H and O–H groups in total. The van der Waals surface area contributed by atoms with E-state index in [1.54, 1.807) is 52.0 Å². The number of nitrogens with one attached hydrogen (secondary N) is 1. The number of benzene rings is 1. The number of ether oxygens (including phenoxy) is 3. The van der Waals surface area contributed by atoms with E-state index in [2.05, 4.69) is 4.98 Å². The van der Waals surface area contributed by atoms with E-state index >= 15 is 0 Å². The van der Waals surface area contributed by atoms with Gasteiger partial charge in [-0.25, -0.2) is 13.9 Å². The maximum Gasteiger partial charge on any atom is 0.427 e. The highest BCUT2D eigenvalue weighted by molar-refractivity contribution is 7.85. The number of halogens is 3. The summed E-state index contributed by atoms with van der Waals surface area (Å²) in [4.78, 5) is 61.4. The van der Waals surface area contributed by atoms with Gasteiger partial charge in [-0.1, -0.05) is 41.0 Å². The van der Waals surface area contributed by atoms with Gasteiger partial charge in [-0.05, 0) is 80.5 Å². The number of carbonyl (C=O) groups excluding carboxylic acids is 4. The van der Waals surface area contributed by atoms with E-state index in [9.17, 15) is 40.8 Å². The van der Waals surface area contributed by atoms with Gasteiger partial charge in [-0.15, -0.1) is 0 Å². The lowest BCUT2D eigenvalue weighted by Gasteiger charge is -2.35. The Hall–Kier alpha value is -3.99. The van der Waals surface area contributed by atoms with Gasteiger partial charge in [0.25, 0.3) is 0 Å². The van der Waals surface area contributed by atoms with E-state index in [0.29, 0.717) is 50.7 Å². The molecule has 2 saturated carbocycles. The standard InChI is InChI=1S/C39H52F3N3O10S/c1-9-24-20-38(24,34(49)44-56(50,51)55-37(10-2)14-15-37)21-30(46)29-18-26(53-32-27-12-11-25(52-8)17-23(27)13-16-43-32)22-45(29)33(48)28(35(3,4)5)19-31(47)54-36(6,7)39(40,41)42/h11-13,16-17,24,26,28-29H,9-10,14-15,18-22H2,1-8H3,(H,44,49)/t24-,26-,28-,29+,38-/m1/s1. The molecular weight excluding hydrogens is 760 g/mol. The summed E-state index contributed by atoms with van der Waals surface area (Å²) in [7, 11) is -2.96. The number of methoxy groups -OCH3 is 1. The van der Waals surface area contributed by atoms with Crippen LogP contribution in [0, 0.1) is 22.7 Å². The van der Waals surface area contributed by atoms with Gasteiger partial charge in [0.05, 0.1) is 43.1 Å². The number of hydrogen-bond acceptors (Lipinski definition) is 11. The van der Waals surface area contributed by atoms with Crippen LogP contribution in [-0.2, 0) is 38.4 Å². The maximum atomic E-state index is 14.6. The van der Waals surface area contributed by atoms with Crippen LogP contribution in [0.3, 0.4) is 0 Å². The predicted molar refractivity (Wildman–Crippen MR) is 197 cm³/mol. The van der Waals surface area contributed by atoms with Crippen LogP contribution in [0.5, 0.6) is 11.6 Å². The highest BCUT2D eigenvalue weighted by Crippen LogP contribution is 2.58. The second-order valence-electron chi connectivity index (χ2n) is 16.9. The average molecular weight is 812 g/mol. The van der Waals surface area contributed by atoms with E-state index in [4.69, 9.17) is 18.4 Å². The fourth-order valence-electron chi connectivity index (χ4n) is 7.48. The van der Waals surface area contributed by atoms with Gasteiger partial charge in [0, 0.05) is 24.4 Å². The molecule has 0 radical (unpaired) electrons. The molecule has 0 spiro atoms. The van der Waals surface area contributed by atoms with Gasteiger partial charge in [0.15, 0.2) is 5.78 Å². The van der Waals surface area contributed by atoms with E-state index in [1.807, 2.05) is 11.6 Å². The van der Waals surface area contributed by atoms with E-state index in [1.165, 1.54) is 18.2 Å². The summed E-state index contributed by atoms with van der Waals surface area (Å²) in [6.07, 6.45) is -3.10. The van der Waals surface area contributed by atoms with Crippen molar-refractivity contribution in [1.29, 1.82) is 0 Å². The number of esters is 1. The summed E-state index contributed by atoms with van der Waals surface area (Å²) in [5.74, 6) is -4.08. The number of nitrogens with zero attached hydrogens (tertiary/aromatic N) is 2. The third-order valence-corrected chi connectivity index (χ3v) is 12.5. The van der Waals surface area contributed by atoms with E-state index < -0.39 is 93.0 Å². The molecule has 2 aliphatic carbocycles. The Morgan fingerprint density at radius 2 is 1.73 bits per heavy atom. The summed E-state index contributed by atoms with van der Waals surface area (Å²) >= 11 is 0. The summed E-state index contributed by atoms with van der Waals surface area (Å²) in [6.45, 7) is 9.82. The first kappa shape index (κ1) is 43.1. The number of hydrogen-bond donors (Lipinski definition) is 1. The van der Waals surface area contributed by atoms with Crippen LogP contribution in [0.25, 0.3) is 10.8 Å². The number of Topliss-reactive ketones (excluding diaryl/α,β-unsaturated/α-hetero) is 1. The first-order valence-electron chi connectivity index (χ1n) is 18.9. The number of carbonyl (C=O) groups is 4. The second kappa shape index (κ2) is 15.4. The van der Waals surface area contributed by atoms with Gasteiger partial charge >= 0.3 is 22.4 Å². The molecule has 5 rings (SSSR count). The smallest absolute Gasteiger partial charge is 0.427 e. The largest absolute Gasteiger partial charge is 0.497 e. The minimum absolute atomic E-state index is 0.0455. The SMILES string of the molecule is CC[C@@H]1C[C@]1(CC(=O)[C@@H]1C[C@@H](Oc2nccc3cc(OC)ccc23)CN1C(=O)[C@@H](CC(=O)OC(C)(C)C(F)(F)F)C(C)(C)C)C(=O)NS(=O)(=O)OC1(CC)CC1. The van der Waals surface area contributed by atoms with Crippen molar-refractivity contribution in [2.24, 2.45) is 22.7 Å². The van der Waals surface area contributed by atoms with Crippen molar-refractivity contribution in [1.82, 2.24) is 14.6 Å². The molecule has 1 aliphatic heterocycles. The molecule has 2 aromatic rings. The minimum Gasteiger partial charge on any atom is -0.497 e. The van der Waals surface area contributed by atoms with E-state index in [0.717, 1.165) is 5.39 Å². The van der Waals surface area contributed by atoms with Crippen LogP contribution in [0.15, 0.2) is 30.5 Å². The lowest BCUT2D eigenvalue weighted by Crippen LogP contribution is -2.49. The van der Waals surface area contributed by atoms with Crippen LogP contribution in [0.1, 0.15) is 99.8 Å². The number of aromatic nitrogens is 1. The van der Waals surface area contributed by atoms with Crippen molar-refractivity contribution in [2.75, 3.05) is 13.7 Å². The first-order valence-corrected chi connectivity index (χ1v) is 20.3. The van der Waals surface area contributed by atoms with Crippen molar-refractivity contribution >= 4 is 44.6 Å². The van der Waals surface area contributed by atoms with E-state index in [-0.39, 0.29) is 31.2 Å². The van der Waals surface area contributed by atoms with Crippen molar-refractivity contribution in [3.05, 3.63) is 30.5 Å². The quantitative estimate of drug-likeness (QED) is 0.191. The molecule has 13 nitrogen and oxygen atoms in total. The zero-order chi connectivity index (χ0) is 41.6. The van der Waals surface area contributed by atoms with Crippen molar-refractivity contribution in [3.63, 3.8) is 0 Å². The van der Waals surface area contributed by atoms with Crippen molar-refractivity contribution in [2.45, 2.75) is 129 Å². The lowest BCUT2D eigenvalue weighted by molar-refractivity contribution is -0.257. The summed E-state index contributed by atoms with van der Waals surface area (Å²) in [6, 6.07) is 5.83. The summed E-state index contributed by atoms with van der Waals surface area (Å²) < 4.78 is 90.6. The van der Waals surface area contributed by atoms with Gasteiger partial charge in [-0.2, -0.15) is 21.6 Å². The molecule has 0 unspecified atom stereocenters. The highest BCUT2D eigenvalue weighted by atomic mass is 32.2. The number of likely N-dealkylation sites (tertiary alicyclic amines) is 1. The molecule has 2 amide bonds. The zero-order valence-electron chi connectivity index (χ0n) is 33.1. The van der Waals surface area contributed by atoms with Crippen LogP contribution in [0.4, 0.5) is 13.2 Å². The second-order valence-corrected chi connectivity index (χ2v) is 18.2. The Balaban J connectivity index is 1.44. The van der Waals surface area contributed by atoms with Crippen molar-refractivity contribution < 1.29 is 59.2 Å². The summed E-state index contributed by atoms with van der Waals surface area (Å²) in [5.41, 5.74) is -6.05. The monoisotopic (exact) mass is 811 g/mol. The van der Waals surface area contributed by atoms with Crippen LogP contribution in [-0.4, -0.2) is 85.0 Å². The molecule has 310 valence electrons. The Bertz CT molecular complexity index is 1960. The topological polar surface area (TPSA) is 168 Å². The highest BCUT2D eigenvalue weighted by Gasteiger charge is 2.62. The number of pyridine rings is 1. The maximum absolute atomic E-state index is 14.6. The molecule has 2 heterocycles. The minimum atomic E-state index is -4.87. The Morgan fingerprint density at radius 3 is 2.29 bits per heavy atom. The Kier molecular flexibility index (Phi) is 11.9. The van der Waals surface area contributed by atoms with Crippen LogP contribution in [0.2, 0.25) is 0 Å². The van der Waals surface area contributed by atoms with Gasteiger partial charge in [0.1, 0.15) is 11.9 Å². The predicted octanol–water partition coefficient (Wildman–Crippen LogP) is 6.22. The molecule has 1 aromatic carbocycles. The molecule has 5 atom stereocenters. The third-order valence-electron chi connectivity index (χ3n) is 11.5. The van der Waals surface area contributed by atoms with Crippen LogP contribution < -0.4 is 14.2 Å². The van der Waals surface area contributed by atoms with Gasteiger partial charge in [-0.3, -0.25) is 19.2 Å². The molecule has 56 heavy (non-hydrogen) atoms. The Labute approximate surface area is 325 Å². The fourth-order valence-corrected chi connectivity index (χ4v) is 8.70. The third kappa shape index (κ3) is 9.24. The van der Waals surface area contributed by atoms with Gasteiger partial charge < -0.3 is 19.1 Å². The molecule has 1 aromatic heterocycles. The summed E-state index contributed by atoms with van der Waals surface area (Å²) in [5, 5.41) is 1.38. The zero-order valence-corrected chi connectivity index (χ0v) is 33.9. The number of alkyl halides is 3. The molecule has 3 aliphatic rings. The number of fused-ring (bicyclic) bond motifs is 1. The average Bonchev–Trinajstić information content (AvgIpc) is 3.99. The van der Waals surface area contributed by atoms with Crippen LogP contribution >= 0.6 is 0 Å². The molecular formula is C39H52F3N3O10S. The number of rotatable bonds is 16. The molecule has 0 bridgehead atoms. The molecule has 1 saturated heterocycles. The van der Waals surface area contributed by atoms with Gasteiger partial charge in [0.2, 0.25) is 23.3 Å². The molecule has 17 heteroatoms. The normalized spacial score (nSPS) is 24.0. The molecule has 3 fully saturated rings. The fraction of sp³-hybridized carbons (Fsp3) is 0.667. The Morgan fingerprint density at radius 1 is 1.05 bits per heavy atom. The number of ketones is 1. The first-order chi connectivity index (χ1) is 25.9. The number of amides is 2. The van der Waals surface area contributed by atoms with Crippen molar-refractivity contribution in [3.8, 4) is 11.6 Å².